The van der Waals surface area contributed by atoms with Crippen molar-refractivity contribution in [1.82, 2.24) is 9.80 Å². The monoisotopic (exact) mass is 429 g/mol. The molecule has 158 valence electrons. The standard InChI is InChI=1S/C23H25ClFN3O2/c1-15-13-18(15)22(29)26-17-7-5-16(6-8-17)23(30)28-11-9-27(10-12-28)14-19-20(24)3-2-4-21(19)25/h2-8,15,18H,9-14H2,1H3,(H,26,29). The molecule has 1 saturated carbocycles. The number of nitrogens with one attached hydrogen (secondary N) is 1. The third kappa shape index (κ3) is 4.65. The molecule has 2 aliphatic rings. The highest BCUT2D eigenvalue weighted by Crippen LogP contribution is 2.38. The largest absolute Gasteiger partial charge is 0.336 e. The third-order valence-electron chi connectivity index (χ3n) is 5.95. The van der Waals surface area contributed by atoms with Gasteiger partial charge in [-0.1, -0.05) is 24.6 Å². The van der Waals surface area contributed by atoms with Crippen LogP contribution in [0.4, 0.5) is 10.1 Å². The summed E-state index contributed by atoms with van der Waals surface area (Å²) in [6, 6.07) is 11.7. The Balaban J connectivity index is 1.30. The van der Waals surface area contributed by atoms with Gasteiger partial charge in [-0.25, -0.2) is 4.39 Å². The second-order valence-corrected chi connectivity index (χ2v) is 8.56. The number of benzene rings is 2. The van der Waals surface area contributed by atoms with Crippen LogP contribution < -0.4 is 5.32 Å². The van der Waals surface area contributed by atoms with Gasteiger partial charge in [0.25, 0.3) is 5.91 Å². The summed E-state index contributed by atoms with van der Waals surface area (Å²) < 4.78 is 14.0. The first-order valence-corrected chi connectivity index (χ1v) is 10.7. The second kappa shape index (κ2) is 8.74. The van der Waals surface area contributed by atoms with E-state index in [-0.39, 0.29) is 23.5 Å². The lowest BCUT2D eigenvalue weighted by molar-refractivity contribution is -0.117. The first kappa shape index (κ1) is 20.8. The van der Waals surface area contributed by atoms with Crippen molar-refractivity contribution in [3.8, 4) is 0 Å². The van der Waals surface area contributed by atoms with Crippen LogP contribution in [0.15, 0.2) is 42.5 Å². The Morgan fingerprint density at radius 1 is 1.10 bits per heavy atom. The summed E-state index contributed by atoms with van der Waals surface area (Å²) in [6.45, 7) is 4.96. The number of carbonyl (C=O) groups is 2. The Bertz CT molecular complexity index is 922. The number of piperazine rings is 1. The van der Waals surface area contributed by atoms with Crippen molar-refractivity contribution < 1.29 is 14.0 Å². The van der Waals surface area contributed by atoms with Gasteiger partial charge in [0.05, 0.1) is 0 Å². The van der Waals surface area contributed by atoms with Crippen LogP contribution in [0.3, 0.4) is 0 Å². The van der Waals surface area contributed by atoms with Crippen LogP contribution in [0.1, 0.15) is 29.3 Å². The summed E-state index contributed by atoms with van der Waals surface area (Å²) in [7, 11) is 0. The fourth-order valence-corrected chi connectivity index (χ4v) is 4.04. The zero-order valence-electron chi connectivity index (χ0n) is 16.9. The molecule has 0 bridgehead atoms. The Kier molecular flexibility index (Phi) is 6.06. The maximum Gasteiger partial charge on any atom is 0.253 e. The van der Waals surface area contributed by atoms with E-state index < -0.39 is 0 Å². The Morgan fingerprint density at radius 3 is 2.37 bits per heavy atom. The van der Waals surface area contributed by atoms with E-state index in [9.17, 15) is 14.0 Å². The normalized spacial score (nSPS) is 21.4. The molecular formula is C23H25ClFN3O2. The summed E-state index contributed by atoms with van der Waals surface area (Å²) in [5.74, 6) is 0.282. The van der Waals surface area contributed by atoms with Crippen molar-refractivity contribution in [1.29, 1.82) is 0 Å². The second-order valence-electron chi connectivity index (χ2n) is 8.15. The number of carbonyl (C=O) groups excluding carboxylic acids is 2. The zero-order valence-corrected chi connectivity index (χ0v) is 17.7. The minimum Gasteiger partial charge on any atom is -0.336 e. The van der Waals surface area contributed by atoms with E-state index in [1.165, 1.54) is 6.07 Å². The smallest absolute Gasteiger partial charge is 0.253 e. The number of halogens is 2. The Hall–Kier alpha value is -2.44. The van der Waals surface area contributed by atoms with Crippen LogP contribution in [-0.2, 0) is 11.3 Å². The van der Waals surface area contributed by atoms with Crippen molar-refractivity contribution in [2.24, 2.45) is 11.8 Å². The van der Waals surface area contributed by atoms with Gasteiger partial charge in [-0.2, -0.15) is 0 Å². The molecule has 0 aromatic heterocycles. The van der Waals surface area contributed by atoms with Crippen molar-refractivity contribution in [3.63, 3.8) is 0 Å². The fourth-order valence-electron chi connectivity index (χ4n) is 3.82. The average molecular weight is 430 g/mol. The van der Waals surface area contributed by atoms with Crippen molar-refractivity contribution in [2.75, 3.05) is 31.5 Å². The van der Waals surface area contributed by atoms with Crippen molar-refractivity contribution >= 4 is 29.1 Å². The molecule has 2 amide bonds. The zero-order chi connectivity index (χ0) is 21.3. The maximum atomic E-state index is 14.0. The molecule has 1 N–H and O–H groups in total. The van der Waals surface area contributed by atoms with E-state index in [2.05, 4.69) is 17.1 Å². The third-order valence-corrected chi connectivity index (χ3v) is 6.30. The first-order chi connectivity index (χ1) is 14.4. The summed E-state index contributed by atoms with van der Waals surface area (Å²) in [4.78, 5) is 28.7. The van der Waals surface area contributed by atoms with E-state index >= 15 is 0 Å². The van der Waals surface area contributed by atoms with Gasteiger partial charge >= 0.3 is 0 Å². The predicted octanol–water partition coefficient (Wildman–Crippen LogP) is 4.03. The van der Waals surface area contributed by atoms with Crippen LogP contribution in [0.25, 0.3) is 0 Å². The molecule has 2 atom stereocenters. The summed E-state index contributed by atoms with van der Waals surface area (Å²) >= 11 is 6.12. The fraction of sp³-hybridized carbons (Fsp3) is 0.391. The highest BCUT2D eigenvalue weighted by atomic mass is 35.5. The molecule has 5 nitrogen and oxygen atoms in total. The van der Waals surface area contributed by atoms with E-state index in [0.29, 0.717) is 60.5 Å². The van der Waals surface area contributed by atoms with Crippen molar-refractivity contribution in [3.05, 3.63) is 64.4 Å². The van der Waals surface area contributed by atoms with Gasteiger partial charge in [0.15, 0.2) is 0 Å². The van der Waals surface area contributed by atoms with Crippen molar-refractivity contribution in [2.45, 2.75) is 19.9 Å². The molecule has 1 aliphatic heterocycles. The lowest BCUT2D eigenvalue weighted by Gasteiger charge is -2.35. The molecule has 4 rings (SSSR count). The molecule has 2 unspecified atom stereocenters. The molecule has 2 fully saturated rings. The van der Waals surface area contributed by atoms with Crippen LogP contribution in [0.5, 0.6) is 0 Å². The highest BCUT2D eigenvalue weighted by molar-refractivity contribution is 6.31. The number of anilines is 1. The molecule has 1 heterocycles. The van der Waals surface area contributed by atoms with E-state index in [4.69, 9.17) is 11.6 Å². The van der Waals surface area contributed by atoms with Crippen LogP contribution >= 0.6 is 11.6 Å². The molecule has 1 aliphatic carbocycles. The summed E-state index contributed by atoms with van der Waals surface area (Å²) in [5, 5.41) is 3.33. The topological polar surface area (TPSA) is 52.7 Å². The Labute approximate surface area is 180 Å². The lowest BCUT2D eigenvalue weighted by Crippen LogP contribution is -2.48. The van der Waals surface area contributed by atoms with Gasteiger partial charge < -0.3 is 10.2 Å². The molecule has 2 aromatic carbocycles. The van der Waals surface area contributed by atoms with E-state index in [1.807, 2.05) is 0 Å². The van der Waals surface area contributed by atoms with Crippen LogP contribution in [-0.4, -0.2) is 47.8 Å². The number of amides is 2. The van der Waals surface area contributed by atoms with Crippen LogP contribution in [0.2, 0.25) is 5.02 Å². The number of nitrogens with zero attached hydrogens (tertiary/aromatic N) is 2. The number of rotatable bonds is 5. The summed E-state index contributed by atoms with van der Waals surface area (Å²) in [6.07, 6.45) is 0.942. The molecule has 30 heavy (non-hydrogen) atoms. The molecule has 0 radical (unpaired) electrons. The molecular weight excluding hydrogens is 405 g/mol. The van der Waals surface area contributed by atoms with Gasteiger partial charge in [-0.05, 0) is 48.7 Å². The maximum absolute atomic E-state index is 14.0. The highest BCUT2D eigenvalue weighted by Gasteiger charge is 2.39. The van der Waals surface area contributed by atoms with Crippen LogP contribution in [0, 0.1) is 17.7 Å². The average Bonchev–Trinajstić information content (AvgIpc) is 3.48. The predicted molar refractivity (Wildman–Crippen MR) is 115 cm³/mol. The Morgan fingerprint density at radius 2 is 1.77 bits per heavy atom. The SMILES string of the molecule is CC1CC1C(=O)Nc1ccc(C(=O)N2CCN(Cc3c(F)cccc3Cl)CC2)cc1. The lowest BCUT2D eigenvalue weighted by atomic mass is 10.1. The quantitative estimate of drug-likeness (QED) is 0.780. The van der Waals surface area contributed by atoms with Gasteiger partial charge in [0.2, 0.25) is 5.91 Å². The minimum absolute atomic E-state index is 0.0349. The van der Waals surface area contributed by atoms with Gasteiger partial charge in [0, 0.05) is 60.5 Å². The summed E-state index contributed by atoms with van der Waals surface area (Å²) in [5.41, 5.74) is 1.80. The molecule has 2 aromatic rings. The minimum atomic E-state index is -0.302. The van der Waals surface area contributed by atoms with E-state index in [1.54, 1.807) is 41.3 Å². The molecule has 1 saturated heterocycles. The van der Waals surface area contributed by atoms with Gasteiger partial charge in [-0.15, -0.1) is 0 Å². The van der Waals surface area contributed by atoms with Gasteiger partial charge in [0.1, 0.15) is 5.82 Å². The number of hydrogen-bond donors (Lipinski definition) is 1. The number of hydrogen-bond acceptors (Lipinski definition) is 3. The molecule has 7 heteroatoms. The molecule has 0 spiro atoms. The first-order valence-electron chi connectivity index (χ1n) is 10.3. The van der Waals surface area contributed by atoms with Gasteiger partial charge in [-0.3, -0.25) is 14.5 Å². The van der Waals surface area contributed by atoms with E-state index in [0.717, 1.165) is 6.42 Å².